The SMILES string of the molecule is ClCCc1cn(CC2CCOC2)nn1. The van der Waals surface area contributed by atoms with E-state index in [0.29, 0.717) is 11.8 Å². The average Bonchev–Trinajstić information content (AvgIpc) is 2.79. The number of hydrogen-bond donors (Lipinski definition) is 0. The molecule has 1 atom stereocenters. The number of alkyl halides is 1. The molecule has 0 spiro atoms. The zero-order chi connectivity index (χ0) is 9.80. The molecule has 78 valence electrons. The second kappa shape index (κ2) is 4.75. The molecule has 2 heterocycles. The third-order valence-corrected chi connectivity index (χ3v) is 2.59. The van der Waals surface area contributed by atoms with E-state index in [2.05, 4.69) is 10.3 Å². The predicted octanol–water partition coefficient (Wildman–Crippen LogP) is 1.10. The molecule has 0 bridgehead atoms. The van der Waals surface area contributed by atoms with Gasteiger partial charge in [-0.05, 0) is 6.42 Å². The highest BCUT2D eigenvalue weighted by atomic mass is 35.5. The van der Waals surface area contributed by atoms with Gasteiger partial charge in [0.1, 0.15) is 0 Å². The van der Waals surface area contributed by atoms with Crippen molar-refractivity contribution in [1.82, 2.24) is 15.0 Å². The van der Waals surface area contributed by atoms with Crippen molar-refractivity contribution in [2.45, 2.75) is 19.4 Å². The fourth-order valence-corrected chi connectivity index (χ4v) is 1.82. The number of halogens is 1. The minimum Gasteiger partial charge on any atom is -0.381 e. The predicted molar refractivity (Wildman–Crippen MR) is 53.4 cm³/mol. The Bertz CT molecular complexity index is 283. The van der Waals surface area contributed by atoms with Crippen molar-refractivity contribution < 1.29 is 4.74 Å². The van der Waals surface area contributed by atoms with Crippen LogP contribution in [-0.4, -0.2) is 34.1 Å². The molecular formula is C9H14ClN3O. The number of hydrogen-bond acceptors (Lipinski definition) is 3. The highest BCUT2D eigenvalue weighted by Crippen LogP contribution is 2.14. The lowest BCUT2D eigenvalue weighted by Crippen LogP contribution is -2.11. The molecule has 5 heteroatoms. The van der Waals surface area contributed by atoms with Crippen molar-refractivity contribution in [2.24, 2.45) is 5.92 Å². The molecule has 0 radical (unpaired) electrons. The van der Waals surface area contributed by atoms with Crippen LogP contribution in [0.1, 0.15) is 12.1 Å². The maximum absolute atomic E-state index is 5.62. The highest BCUT2D eigenvalue weighted by molar-refractivity contribution is 6.17. The van der Waals surface area contributed by atoms with Crippen LogP contribution in [0.4, 0.5) is 0 Å². The molecule has 0 amide bonds. The van der Waals surface area contributed by atoms with Crippen LogP contribution in [0.3, 0.4) is 0 Å². The molecule has 1 unspecified atom stereocenters. The fraction of sp³-hybridized carbons (Fsp3) is 0.778. The molecule has 1 fully saturated rings. The zero-order valence-corrected chi connectivity index (χ0v) is 8.78. The van der Waals surface area contributed by atoms with Crippen molar-refractivity contribution in [3.8, 4) is 0 Å². The summed E-state index contributed by atoms with van der Waals surface area (Å²) in [6.45, 7) is 2.65. The van der Waals surface area contributed by atoms with Crippen LogP contribution in [0.15, 0.2) is 6.20 Å². The second-order valence-corrected chi connectivity index (χ2v) is 3.98. The van der Waals surface area contributed by atoms with Crippen molar-refractivity contribution in [2.75, 3.05) is 19.1 Å². The Balaban J connectivity index is 1.88. The van der Waals surface area contributed by atoms with Crippen LogP contribution in [0, 0.1) is 5.92 Å². The monoisotopic (exact) mass is 215 g/mol. The third-order valence-electron chi connectivity index (χ3n) is 2.41. The Kier molecular flexibility index (Phi) is 3.37. The van der Waals surface area contributed by atoms with Gasteiger partial charge in [-0.25, -0.2) is 0 Å². The van der Waals surface area contributed by atoms with Gasteiger partial charge in [0.15, 0.2) is 0 Å². The lowest BCUT2D eigenvalue weighted by atomic mass is 10.1. The first-order chi connectivity index (χ1) is 6.88. The average molecular weight is 216 g/mol. The Hall–Kier alpha value is -0.610. The van der Waals surface area contributed by atoms with Gasteiger partial charge in [0, 0.05) is 37.6 Å². The van der Waals surface area contributed by atoms with Crippen LogP contribution < -0.4 is 0 Å². The number of rotatable bonds is 4. The topological polar surface area (TPSA) is 39.9 Å². The maximum Gasteiger partial charge on any atom is 0.0839 e. The number of aromatic nitrogens is 3. The van der Waals surface area contributed by atoms with E-state index in [1.807, 2.05) is 10.9 Å². The molecule has 0 N–H and O–H groups in total. The van der Waals surface area contributed by atoms with Gasteiger partial charge >= 0.3 is 0 Å². The summed E-state index contributed by atoms with van der Waals surface area (Å²) in [7, 11) is 0. The summed E-state index contributed by atoms with van der Waals surface area (Å²) in [6, 6.07) is 0. The highest BCUT2D eigenvalue weighted by Gasteiger charge is 2.16. The largest absolute Gasteiger partial charge is 0.381 e. The molecule has 0 saturated carbocycles. The molecular weight excluding hydrogens is 202 g/mol. The van der Waals surface area contributed by atoms with Crippen LogP contribution in [0.25, 0.3) is 0 Å². The van der Waals surface area contributed by atoms with E-state index >= 15 is 0 Å². The van der Waals surface area contributed by atoms with E-state index in [4.69, 9.17) is 16.3 Å². The van der Waals surface area contributed by atoms with Crippen LogP contribution in [-0.2, 0) is 17.7 Å². The van der Waals surface area contributed by atoms with Gasteiger partial charge in [-0.2, -0.15) is 0 Å². The Morgan fingerprint density at radius 1 is 1.64 bits per heavy atom. The van der Waals surface area contributed by atoms with Crippen molar-refractivity contribution in [1.29, 1.82) is 0 Å². The van der Waals surface area contributed by atoms with Gasteiger partial charge in [0.2, 0.25) is 0 Å². The third kappa shape index (κ3) is 2.45. The molecule has 4 nitrogen and oxygen atoms in total. The lowest BCUT2D eigenvalue weighted by Gasteiger charge is -2.05. The first-order valence-electron chi connectivity index (χ1n) is 4.91. The number of nitrogens with zero attached hydrogens (tertiary/aromatic N) is 3. The molecule has 1 saturated heterocycles. The molecule has 1 aromatic rings. The summed E-state index contributed by atoms with van der Waals surface area (Å²) >= 11 is 5.62. The minimum atomic E-state index is 0.598. The van der Waals surface area contributed by atoms with E-state index < -0.39 is 0 Å². The molecule has 0 aromatic carbocycles. The van der Waals surface area contributed by atoms with Crippen molar-refractivity contribution in [3.63, 3.8) is 0 Å². The second-order valence-electron chi connectivity index (χ2n) is 3.60. The normalized spacial score (nSPS) is 21.6. The van der Waals surface area contributed by atoms with Crippen LogP contribution >= 0.6 is 11.6 Å². The molecule has 0 aliphatic carbocycles. The van der Waals surface area contributed by atoms with Gasteiger partial charge in [-0.15, -0.1) is 16.7 Å². The van der Waals surface area contributed by atoms with E-state index in [1.54, 1.807) is 0 Å². The first-order valence-corrected chi connectivity index (χ1v) is 5.44. The van der Waals surface area contributed by atoms with Gasteiger partial charge in [0.25, 0.3) is 0 Å². The first kappa shape index (κ1) is 9.93. The summed E-state index contributed by atoms with van der Waals surface area (Å²) < 4.78 is 7.19. The molecule has 2 rings (SSSR count). The summed E-state index contributed by atoms with van der Waals surface area (Å²) in [4.78, 5) is 0. The van der Waals surface area contributed by atoms with E-state index in [-0.39, 0.29) is 0 Å². The fourth-order valence-electron chi connectivity index (χ4n) is 1.63. The maximum atomic E-state index is 5.62. The smallest absolute Gasteiger partial charge is 0.0839 e. The summed E-state index contributed by atoms with van der Waals surface area (Å²) in [5.74, 6) is 1.20. The standard InChI is InChI=1S/C9H14ClN3O/c10-3-1-9-6-13(12-11-9)5-8-2-4-14-7-8/h6,8H,1-5,7H2. The molecule has 1 aliphatic rings. The molecule has 1 aromatic heterocycles. The number of ether oxygens (including phenoxy) is 1. The summed E-state index contributed by atoms with van der Waals surface area (Å²) in [5.41, 5.74) is 0.971. The quantitative estimate of drug-likeness (QED) is 0.707. The molecule has 1 aliphatic heterocycles. The van der Waals surface area contributed by atoms with Crippen LogP contribution in [0.2, 0.25) is 0 Å². The van der Waals surface area contributed by atoms with Gasteiger partial charge in [-0.3, -0.25) is 4.68 Å². The Labute approximate surface area is 88.2 Å². The van der Waals surface area contributed by atoms with Gasteiger partial charge in [-0.1, -0.05) is 5.21 Å². The van der Waals surface area contributed by atoms with Crippen molar-refractivity contribution in [3.05, 3.63) is 11.9 Å². The minimum absolute atomic E-state index is 0.598. The lowest BCUT2D eigenvalue weighted by molar-refractivity contribution is 0.181. The van der Waals surface area contributed by atoms with Crippen molar-refractivity contribution >= 4 is 11.6 Å². The summed E-state index contributed by atoms with van der Waals surface area (Å²) in [5, 5.41) is 8.09. The Morgan fingerprint density at radius 2 is 2.57 bits per heavy atom. The van der Waals surface area contributed by atoms with E-state index in [0.717, 1.165) is 38.3 Å². The van der Waals surface area contributed by atoms with E-state index in [9.17, 15) is 0 Å². The Morgan fingerprint density at radius 3 is 3.29 bits per heavy atom. The molecule has 14 heavy (non-hydrogen) atoms. The van der Waals surface area contributed by atoms with Gasteiger partial charge < -0.3 is 4.74 Å². The van der Waals surface area contributed by atoms with E-state index in [1.165, 1.54) is 0 Å². The van der Waals surface area contributed by atoms with Crippen LogP contribution in [0.5, 0.6) is 0 Å². The zero-order valence-electron chi connectivity index (χ0n) is 8.03. The van der Waals surface area contributed by atoms with Gasteiger partial charge in [0.05, 0.1) is 12.3 Å². The number of aryl methyl sites for hydroxylation is 1. The summed E-state index contributed by atoms with van der Waals surface area (Å²) in [6.07, 6.45) is 3.90.